The van der Waals surface area contributed by atoms with Gasteiger partial charge in [0, 0.05) is 12.2 Å². The van der Waals surface area contributed by atoms with E-state index >= 15 is 0 Å². The van der Waals surface area contributed by atoms with E-state index in [1.54, 1.807) is 24.3 Å². The van der Waals surface area contributed by atoms with Crippen molar-refractivity contribution in [2.75, 3.05) is 5.32 Å². The first-order valence-electron chi connectivity index (χ1n) is 8.83. The number of carboxylic acids is 1. The van der Waals surface area contributed by atoms with Crippen LogP contribution in [0.15, 0.2) is 36.4 Å². The van der Waals surface area contributed by atoms with Crippen molar-refractivity contribution in [2.45, 2.75) is 58.9 Å². The average Bonchev–Trinajstić information content (AvgIpc) is 2.52. The SMILES string of the molecule is CC(C)(C)c1cc(CNc2ccc(C(=O)O)cc2)cc(C(C)(C)C)c1O. The van der Waals surface area contributed by atoms with Crippen LogP contribution in [0.25, 0.3) is 0 Å². The molecule has 0 atom stereocenters. The van der Waals surface area contributed by atoms with Crippen molar-refractivity contribution in [2.24, 2.45) is 0 Å². The molecule has 0 bridgehead atoms. The Labute approximate surface area is 155 Å². The third-order valence-corrected chi connectivity index (χ3v) is 4.41. The zero-order chi connectivity index (χ0) is 19.7. The molecule has 4 heteroatoms. The van der Waals surface area contributed by atoms with Gasteiger partial charge in [0.05, 0.1) is 5.56 Å². The molecule has 140 valence electrons. The second kappa shape index (κ2) is 7.02. The molecule has 0 amide bonds. The maximum atomic E-state index is 10.9. The van der Waals surface area contributed by atoms with Crippen molar-refractivity contribution in [1.82, 2.24) is 0 Å². The van der Waals surface area contributed by atoms with E-state index in [-0.39, 0.29) is 16.4 Å². The van der Waals surface area contributed by atoms with Gasteiger partial charge in [-0.3, -0.25) is 0 Å². The van der Waals surface area contributed by atoms with Crippen LogP contribution in [0.5, 0.6) is 5.75 Å². The van der Waals surface area contributed by atoms with E-state index in [1.807, 2.05) is 12.1 Å². The third-order valence-electron chi connectivity index (χ3n) is 4.41. The fraction of sp³-hybridized carbons (Fsp3) is 0.409. The first kappa shape index (κ1) is 19.8. The number of aromatic hydroxyl groups is 1. The van der Waals surface area contributed by atoms with Gasteiger partial charge in [0.2, 0.25) is 0 Å². The van der Waals surface area contributed by atoms with Crippen LogP contribution in [0.2, 0.25) is 0 Å². The Kier molecular flexibility index (Phi) is 5.36. The number of hydrogen-bond acceptors (Lipinski definition) is 3. The normalized spacial score (nSPS) is 12.1. The van der Waals surface area contributed by atoms with E-state index in [1.165, 1.54) is 0 Å². The first-order valence-corrected chi connectivity index (χ1v) is 8.83. The Morgan fingerprint density at radius 1 is 0.923 bits per heavy atom. The van der Waals surface area contributed by atoms with E-state index in [0.29, 0.717) is 12.3 Å². The van der Waals surface area contributed by atoms with E-state index in [4.69, 9.17) is 5.11 Å². The van der Waals surface area contributed by atoms with Gasteiger partial charge in [-0.2, -0.15) is 0 Å². The number of benzene rings is 2. The Bertz CT molecular complexity index is 759. The summed E-state index contributed by atoms with van der Waals surface area (Å²) in [6.07, 6.45) is 0. The van der Waals surface area contributed by atoms with Crippen molar-refractivity contribution in [1.29, 1.82) is 0 Å². The molecule has 0 aliphatic carbocycles. The van der Waals surface area contributed by atoms with Gasteiger partial charge in [-0.05, 0) is 63.9 Å². The van der Waals surface area contributed by atoms with Crippen LogP contribution < -0.4 is 5.32 Å². The number of nitrogens with one attached hydrogen (secondary N) is 1. The fourth-order valence-corrected chi connectivity index (χ4v) is 2.87. The third kappa shape index (κ3) is 4.57. The summed E-state index contributed by atoms with van der Waals surface area (Å²) in [4.78, 5) is 10.9. The maximum absolute atomic E-state index is 10.9. The van der Waals surface area contributed by atoms with E-state index in [0.717, 1.165) is 22.4 Å². The summed E-state index contributed by atoms with van der Waals surface area (Å²) in [5, 5.41) is 23.1. The molecule has 0 radical (unpaired) electrons. The van der Waals surface area contributed by atoms with E-state index < -0.39 is 5.97 Å². The molecule has 0 unspecified atom stereocenters. The van der Waals surface area contributed by atoms with Crippen LogP contribution in [0.3, 0.4) is 0 Å². The lowest BCUT2D eigenvalue weighted by atomic mass is 9.78. The second-order valence-corrected chi connectivity index (χ2v) is 8.78. The van der Waals surface area contributed by atoms with E-state index in [9.17, 15) is 9.90 Å². The smallest absolute Gasteiger partial charge is 0.335 e. The van der Waals surface area contributed by atoms with Crippen LogP contribution >= 0.6 is 0 Å². The standard InChI is InChI=1S/C22H29NO3/c1-21(2,3)17-11-14(12-18(19(17)24)22(4,5)6)13-23-16-9-7-15(8-10-16)20(25)26/h7-12,23-24H,13H2,1-6H3,(H,25,26). The molecule has 2 aromatic carbocycles. The van der Waals surface area contributed by atoms with Crippen LogP contribution in [0, 0.1) is 0 Å². The highest BCUT2D eigenvalue weighted by Gasteiger charge is 2.26. The zero-order valence-electron chi connectivity index (χ0n) is 16.5. The Morgan fingerprint density at radius 3 is 1.77 bits per heavy atom. The molecular formula is C22H29NO3. The number of rotatable bonds is 4. The van der Waals surface area contributed by atoms with Gasteiger partial charge in [-0.15, -0.1) is 0 Å². The van der Waals surface area contributed by atoms with Crippen molar-refractivity contribution in [3.8, 4) is 5.75 Å². The summed E-state index contributed by atoms with van der Waals surface area (Å²) in [6.45, 7) is 13.2. The molecule has 4 nitrogen and oxygen atoms in total. The number of carboxylic acid groups (broad SMARTS) is 1. The lowest BCUT2D eigenvalue weighted by Crippen LogP contribution is -2.18. The van der Waals surface area contributed by atoms with Crippen LogP contribution in [0.4, 0.5) is 5.69 Å². The van der Waals surface area contributed by atoms with Crippen molar-refractivity contribution >= 4 is 11.7 Å². The largest absolute Gasteiger partial charge is 0.507 e. The average molecular weight is 355 g/mol. The lowest BCUT2D eigenvalue weighted by Gasteiger charge is -2.28. The van der Waals surface area contributed by atoms with E-state index in [2.05, 4.69) is 46.9 Å². The molecule has 0 saturated heterocycles. The molecule has 0 fully saturated rings. The minimum absolute atomic E-state index is 0.163. The summed E-state index contributed by atoms with van der Waals surface area (Å²) in [6, 6.07) is 10.8. The van der Waals surface area contributed by atoms with Gasteiger partial charge in [-0.1, -0.05) is 41.5 Å². The highest BCUT2D eigenvalue weighted by molar-refractivity contribution is 5.88. The van der Waals surface area contributed by atoms with Gasteiger partial charge in [0.25, 0.3) is 0 Å². The number of hydrogen-bond donors (Lipinski definition) is 3. The molecule has 2 aromatic rings. The topological polar surface area (TPSA) is 69.6 Å². The van der Waals surface area contributed by atoms with Crippen molar-refractivity contribution in [3.63, 3.8) is 0 Å². The summed E-state index contributed by atoms with van der Waals surface area (Å²) in [5.41, 5.74) is 3.75. The van der Waals surface area contributed by atoms with Gasteiger partial charge < -0.3 is 15.5 Å². The predicted octanol–water partition coefficient (Wildman–Crippen LogP) is 5.30. The van der Waals surface area contributed by atoms with Crippen LogP contribution in [-0.4, -0.2) is 16.2 Å². The summed E-state index contributed by atoms with van der Waals surface area (Å²) in [7, 11) is 0. The van der Waals surface area contributed by atoms with Gasteiger partial charge in [0.15, 0.2) is 0 Å². The van der Waals surface area contributed by atoms with Crippen molar-refractivity contribution in [3.05, 3.63) is 58.7 Å². The highest BCUT2D eigenvalue weighted by Crippen LogP contribution is 2.39. The quantitative estimate of drug-likeness (QED) is 0.696. The summed E-state index contributed by atoms with van der Waals surface area (Å²) >= 11 is 0. The molecule has 2 rings (SSSR count). The van der Waals surface area contributed by atoms with Crippen LogP contribution in [0.1, 0.15) is 68.6 Å². The van der Waals surface area contributed by atoms with Gasteiger partial charge in [-0.25, -0.2) is 4.79 Å². The molecule has 3 N–H and O–H groups in total. The number of phenolic OH excluding ortho intramolecular Hbond substituents is 1. The highest BCUT2D eigenvalue weighted by atomic mass is 16.4. The Hall–Kier alpha value is -2.49. The monoisotopic (exact) mass is 355 g/mol. The summed E-state index contributed by atoms with van der Waals surface area (Å²) in [5.74, 6) is -0.556. The maximum Gasteiger partial charge on any atom is 0.335 e. The number of phenols is 1. The molecule has 0 aliphatic heterocycles. The number of aromatic carboxylic acids is 1. The predicted molar refractivity (Wildman–Crippen MR) is 106 cm³/mol. The van der Waals surface area contributed by atoms with Crippen LogP contribution in [-0.2, 0) is 17.4 Å². The van der Waals surface area contributed by atoms with Crippen molar-refractivity contribution < 1.29 is 15.0 Å². The summed E-state index contributed by atoms with van der Waals surface area (Å²) < 4.78 is 0. The number of carbonyl (C=O) groups is 1. The molecule has 0 aromatic heterocycles. The minimum Gasteiger partial charge on any atom is -0.507 e. The van der Waals surface area contributed by atoms with Gasteiger partial charge in [0.1, 0.15) is 5.75 Å². The zero-order valence-corrected chi connectivity index (χ0v) is 16.5. The molecule has 0 spiro atoms. The molecule has 0 aliphatic rings. The Morgan fingerprint density at radius 2 is 1.38 bits per heavy atom. The lowest BCUT2D eigenvalue weighted by molar-refractivity contribution is 0.0697. The molecule has 26 heavy (non-hydrogen) atoms. The second-order valence-electron chi connectivity index (χ2n) is 8.78. The number of anilines is 1. The van der Waals surface area contributed by atoms with Gasteiger partial charge >= 0.3 is 5.97 Å². The fourth-order valence-electron chi connectivity index (χ4n) is 2.87. The minimum atomic E-state index is -0.931. The Balaban J connectivity index is 2.32. The first-order chi connectivity index (χ1) is 11.9. The molecular weight excluding hydrogens is 326 g/mol. The molecule has 0 saturated carbocycles. The molecule has 0 heterocycles.